The summed E-state index contributed by atoms with van der Waals surface area (Å²) in [4.78, 5) is 2.26. The summed E-state index contributed by atoms with van der Waals surface area (Å²) in [7, 11) is 0. The fourth-order valence-corrected chi connectivity index (χ4v) is 2.16. The van der Waals surface area contributed by atoms with Crippen LogP contribution in [0.4, 0.5) is 5.88 Å². The quantitative estimate of drug-likeness (QED) is 0.911. The van der Waals surface area contributed by atoms with Gasteiger partial charge in [0.2, 0.25) is 5.88 Å². The van der Waals surface area contributed by atoms with Gasteiger partial charge in [0.1, 0.15) is 5.69 Å². The summed E-state index contributed by atoms with van der Waals surface area (Å²) in [6.45, 7) is 6.89. The van der Waals surface area contributed by atoms with Crippen LogP contribution in [0, 0.1) is 0 Å². The van der Waals surface area contributed by atoms with Gasteiger partial charge < -0.3 is 10.3 Å². The first kappa shape index (κ1) is 13.9. The summed E-state index contributed by atoms with van der Waals surface area (Å²) < 4.78 is 5.14. The van der Waals surface area contributed by atoms with Crippen molar-refractivity contribution in [1.29, 1.82) is 0 Å². The summed E-state index contributed by atoms with van der Waals surface area (Å²) in [5.41, 5.74) is 8.60. The highest BCUT2D eigenvalue weighted by atomic mass is 35.5. The summed E-state index contributed by atoms with van der Waals surface area (Å²) in [5, 5.41) is 4.77. The molecule has 2 N–H and O–H groups in total. The van der Waals surface area contributed by atoms with E-state index in [4.69, 9.17) is 21.9 Å². The minimum atomic E-state index is 0.351. The minimum Gasteiger partial charge on any atom is -0.367 e. The predicted molar refractivity (Wildman–Crippen MR) is 78.0 cm³/mol. The van der Waals surface area contributed by atoms with Gasteiger partial charge in [0, 0.05) is 11.6 Å². The maximum absolute atomic E-state index is 5.90. The maximum Gasteiger partial charge on any atom is 0.230 e. The molecule has 4 nitrogen and oxygen atoms in total. The largest absolute Gasteiger partial charge is 0.367 e. The molecule has 5 heteroatoms. The van der Waals surface area contributed by atoms with Gasteiger partial charge in [-0.25, -0.2) is 0 Å². The van der Waals surface area contributed by atoms with Crippen LogP contribution in [0.3, 0.4) is 0 Å². The number of hydrogen-bond acceptors (Lipinski definition) is 4. The fraction of sp³-hybridized carbons (Fsp3) is 0.357. The summed E-state index contributed by atoms with van der Waals surface area (Å²) in [5.74, 6) is 0.351. The van der Waals surface area contributed by atoms with E-state index in [-0.39, 0.29) is 0 Å². The SMILES string of the molecule is CCN(CC)Cc1noc(N)c1-c1ccc(Cl)cc1. The molecule has 0 unspecified atom stereocenters. The van der Waals surface area contributed by atoms with Crippen LogP contribution < -0.4 is 5.73 Å². The molecule has 0 radical (unpaired) electrons. The molecule has 0 bridgehead atoms. The van der Waals surface area contributed by atoms with E-state index in [1.165, 1.54) is 0 Å². The van der Waals surface area contributed by atoms with E-state index < -0.39 is 0 Å². The Morgan fingerprint density at radius 3 is 2.42 bits per heavy atom. The van der Waals surface area contributed by atoms with E-state index in [0.717, 1.165) is 36.5 Å². The number of aromatic nitrogens is 1. The molecule has 0 fully saturated rings. The zero-order valence-electron chi connectivity index (χ0n) is 11.2. The molecule has 0 aliphatic carbocycles. The van der Waals surface area contributed by atoms with E-state index in [9.17, 15) is 0 Å². The van der Waals surface area contributed by atoms with E-state index in [1.54, 1.807) is 0 Å². The van der Waals surface area contributed by atoms with Crippen LogP contribution in [0.5, 0.6) is 0 Å². The molecule has 0 saturated heterocycles. The molecule has 1 heterocycles. The molecular formula is C14H18ClN3O. The number of hydrogen-bond donors (Lipinski definition) is 1. The second-order valence-electron chi connectivity index (χ2n) is 4.34. The van der Waals surface area contributed by atoms with Crippen LogP contribution in [0.25, 0.3) is 11.1 Å². The zero-order valence-corrected chi connectivity index (χ0v) is 11.9. The Hall–Kier alpha value is -1.52. The molecule has 0 aliphatic heterocycles. The van der Waals surface area contributed by atoms with Gasteiger partial charge in [0.05, 0.1) is 5.56 Å². The van der Waals surface area contributed by atoms with Crippen molar-refractivity contribution in [1.82, 2.24) is 10.1 Å². The Balaban J connectivity index is 2.34. The highest BCUT2D eigenvalue weighted by Gasteiger charge is 2.17. The Kier molecular flexibility index (Phi) is 4.45. The molecule has 102 valence electrons. The van der Waals surface area contributed by atoms with Gasteiger partial charge in [0.15, 0.2) is 0 Å². The third kappa shape index (κ3) is 3.08. The first-order valence-electron chi connectivity index (χ1n) is 6.38. The summed E-state index contributed by atoms with van der Waals surface area (Å²) in [6, 6.07) is 7.53. The lowest BCUT2D eigenvalue weighted by atomic mass is 10.1. The summed E-state index contributed by atoms with van der Waals surface area (Å²) in [6.07, 6.45) is 0. The van der Waals surface area contributed by atoms with Crippen molar-refractivity contribution in [3.8, 4) is 11.1 Å². The smallest absolute Gasteiger partial charge is 0.230 e. The number of halogens is 1. The first-order chi connectivity index (χ1) is 9.15. The standard InChI is InChI=1S/C14H18ClN3O/c1-3-18(4-2)9-12-13(14(16)19-17-12)10-5-7-11(15)8-6-10/h5-8H,3-4,9,16H2,1-2H3. The van der Waals surface area contributed by atoms with E-state index in [0.29, 0.717) is 10.9 Å². The monoisotopic (exact) mass is 279 g/mol. The van der Waals surface area contributed by atoms with Gasteiger partial charge in [-0.2, -0.15) is 0 Å². The third-order valence-electron chi connectivity index (χ3n) is 3.19. The number of nitrogens with zero attached hydrogens (tertiary/aromatic N) is 2. The maximum atomic E-state index is 5.90. The van der Waals surface area contributed by atoms with Crippen LogP contribution in [0.2, 0.25) is 5.02 Å². The number of rotatable bonds is 5. The van der Waals surface area contributed by atoms with E-state index in [1.807, 2.05) is 24.3 Å². The van der Waals surface area contributed by atoms with Crippen LogP contribution in [0.15, 0.2) is 28.8 Å². The lowest BCUT2D eigenvalue weighted by Crippen LogP contribution is -2.22. The lowest BCUT2D eigenvalue weighted by molar-refractivity contribution is 0.284. The average Bonchev–Trinajstić information content (AvgIpc) is 2.78. The predicted octanol–water partition coefficient (Wildman–Crippen LogP) is 3.42. The molecule has 1 aromatic carbocycles. The number of nitrogens with two attached hydrogens (primary N) is 1. The number of benzene rings is 1. The average molecular weight is 280 g/mol. The van der Waals surface area contributed by atoms with E-state index >= 15 is 0 Å². The highest BCUT2D eigenvalue weighted by Crippen LogP contribution is 2.31. The Bertz CT molecular complexity index is 532. The molecular weight excluding hydrogens is 262 g/mol. The van der Waals surface area contributed by atoms with Gasteiger partial charge >= 0.3 is 0 Å². The molecule has 1 aromatic heterocycles. The van der Waals surface area contributed by atoms with Crippen molar-refractivity contribution in [2.75, 3.05) is 18.8 Å². The van der Waals surface area contributed by atoms with Crippen molar-refractivity contribution < 1.29 is 4.52 Å². The van der Waals surface area contributed by atoms with Crippen molar-refractivity contribution >= 4 is 17.5 Å². The normalized spacial score (nSPS) is 11.2. The second-order valence-corrected chi connectivity index (χ2v) is 4.77. The second kappa shape index (κ2) is 6.08. The minimum absolute atomic E-state index is 0.351. The van der Waals surface area contributed by atoms with Gasteiger partial charge in [-0.3, -0.25) is 4.90 Å². The Labute approximate surface area is 118 Å². The molecule has 0 saturated carbocycles. The van der Waals surface area contributed by atoms with Crippen molar-refractivity contribution in [3.05, 3.63) is 35.0 Å². The van der Waals surface area contributed by atoms with Gasteiger partial charge in [-0.1, -0.05) is 42.7 Å². The zero-order chi connectivity index (χ0) is 13.8. The van der Waals surface area contributed by atoms with Crippen molar-refractivity contribution in [2.24, 2.45) is 0 Å². The van der Waals surface area contributed by atoms with Crippen LogP contribution in [-0.4, -0.2) is 23.1 Å². The van der Waals surface area contributed by atoms with E-state index in [2.05, 4.69) is 23.9 Å². The Morgan fingerprint density at radius 1 is 1.21 bits per heavy atom. The molecule has 2 rings (SSSR count). The lowest BCUT2D eigenvalue weighted by Gasteiger charge is -2.16. The van der Waals surface area contributed by atoms with Crippen molar-refractivity contribution in [2.45, 2.75) is 20.4 Å². The van der Waals surface area contributed by atoms with Gasteiger partial charge in [-0.15, -0.1) is 0 Å². The van der Waals surface area contributed by atoms with Gasteiger partial charge in [0.25, 0.3) is 0 Å². The molecule has 0 atom stereocenters. The van der Waals surface area contributed by atoms with Crippen LogP contribution in [0.1, 0.15) is 19.5 Å². The molecule has 0 amide bonds. The molecule has 2 aromatic rings. The third-order valence-corrected chi connectivity index (χ3v) is 3.44. The fourth-order valence-electron chi connectivity index (χ4n) is 2.03. The topological polar surface area (TPSA) is 55.3 Å². The number of anilines is 1. The Morgan fingerprint density at radius 2 is 1.84 bits per heavy atom. The van der Waals surface area contributed by atoms with Crippen LogP contribution in [-0.2, 0) is 6.54 Å². The van der Waals surface area contributed by atoms with Crippen LogP contribution >= 0.6 is 11.6 Å². The summed E-state index contributed by atoms with van der Waals surface area (Å²) >= 11 is 5.90. The molecule has 0 spiro atoms. The van der Waals surface area contributed by atoms with Gasteiger partial charge in [-0.05, 0) is 30.8 Å². The molecule has 0 aliphatic rings. The highest BCUT2D eigenvalue weighted by molar-refractivity contribution is 6.30. The molecule has 19 heavy (non-hydrogen) atoms. The number of nitrogen functional groups attached to an aromatic ring is 1. The van der Waals surface area contributed by atoms with Crippen molar-refractivity contribution in [3.63, 3.8) is 0 Å². The first-order valence-corrected chi connectivity index (χ1v) is 6.75.